The molecule has 112 valence electrons. The number of nitrogens with one attached hydrogen (secondary N) is 1. The maximum atomic E-state index is 12.0. The molecule has 1 amide bonds. The first-order chi connectivity index (χ1) is 9.70. The van der Waals surface area contributed by atoms with Crippen LogP contribution >= 0.6 is 0 Å². The van der Waals surface area contributed by atoms with Crippen molar-refractivity contribution in [3.63, 3.8) is 0 Å². The van der Waals surface area contributed by atoms with Gasteiger partial charge in [-0.1, -0.05) is 6.92 Å². The number of nitrogens with zero attached hydrogens (tertiary/aromatic N) is 3. The zero-order valence-corrected chi connectivity index (χ0v) is 12.6. The van der Waals surface area contributed by atoms with Crippen LogP contribution in [0.2, 0.25) is 0 Å². The highest BCUT2D eigenvalue weighted by Gasteiger charge is 2.16. The fourth-order valence-electron chi connectivity index (χ4n) is 2.85. The monoisotopic (exact) mass is 278 g/mol. The molecule has 1 N–H and O–H groups in total. The average Bonchev–Trinajstić information content (AvgIpc) is 3.08. The predicted molar refractivity (Wildman–Crippen MR) is 79.3 cm³/mol. The van der Waals surface area contributed by atoms with E-state index in [4.69, 9.17) is 0 Å². The molecule has 20 heavy (non-hydrogen) atoms. The second kappa shape index (κ2) is 7.43. The molecule has 0 saturated carbocycles. The average molecular weight is 278 g/mol. The van der Waals surface area contributed by atoms with Gasteiger partial charge in [-0.05, 0) is 51.4 Å². The van der Waals surface area contributed by atoms with Crippen molar-refractivity contribution in [3.8, 4) is 0 Å². The molecule has 0 aromatic carbocycles. The fraction of sp³-hybridized carbons (Fsp3) is 0.733. The normalized spacial score (nSPS) is 17.3. The van der Waals surface area contributed by atoms with E-state index in [1.54, 1.807) is 6.20 Å². The third kappa shape index (κ3) is 4.07. The molecular formula is C15H26N4O. The van der Waals surface area contributed by atoms with Crippen LogP contribution in [0.5, 0.6) is 0 Å². The molecule has 0 radical (unpaired) electrons. The Labute approximate surface area is 121 Å². The number of aryl methyl sites for hydroxylation is 1. The van der Waals surface area contributed by atoms with Gasteiger partial charge in [0.15, 0.2) is 0 Å². The van der Waals surface area contributed by atoms with E-state index >= 15 is 0 Å². The van der Waals surface area contributed by atoms with Gasteiger partial charge in [0, 0.05) is 19.7 Å². The lowest BCUT2D eigenvalue weighted by Crippen LogP contribution is -2.30. The van der Waals surface area contributed by atoms with Crippen molar-refractivity contribution in [1.82, 2.24) is 20.0 Å². The van der Waals surface area contributed by atoms with E-state index in [1.165, 1.54) is 25.9 Å². The van der Waals surface area contributed by atoms with Gasteiger partial charge >= 0.3 is 0 Å². The Hall–Kier alpha value is -1.36. The van der Waals surface area contributed by atoms with Crippen LogP contribution in [-0.2, 0) is 11.8 Å². The van der Waals surface area contributed by atoms with E-state index in [0.717, 1.165) is 25.1 Å². The summed E-state index contributed by atoms with van der Waals surface area (Å²) in [6.45, 7) is 5.54. The van der Waals surface area contributed by atoms with Gasteiger partial charge < -0.3 is 10.2 Å². The summed E-state index contributed by atoms with van der Waals surface area (Å²) in [5.41, 5.74) is 1.07. The lowest BCUT2D eigenvalue weighted by Gasteiger charge is -2.18. The van der Waals surface area contributed by atoms with Crippen LogP contribution in [0.25, 0.3) is 0 Å². The Morgan fingerprint density at radius 3 is 2.80 bits per heavy atom. The van der Waals surface area contributed by atoms with Crippen LogP contribution in [-0.4, -0.2) is 40.2 Å². The van der Waals surface area contributed by atoms with Crippen LogP contribution in [0.1, 0.15) is 50.8 Å². The first kappa shape index (κ1) is 15.0. The van der Waals surface area contributed by atoms with Crippen LogP contribution in [0.15, 0.2) is 12.3 Å². The maximum Gasteiger partial charge on any atom is 0.220 e. The summed E-state index contributed by atoms with van der Waals surface area (Å²) in [7, 11) is 1.91. The Morgan fingerprint density at radius 2 is 2.20 bits per heavy atom. The van der Waals surface area contributed by atoms with E-state index in [-0.39, 0.29) is 11.9 Å². The first-order valence-corrected chi connectivity index (χ1v) is 7.70. The minimum atomic E-state index is 0.0711. The van der Waals surface area contributed by atoms with Gasteiger partial charge in [-0.15, -0.1) is 0 Å². The second-order valence-electron chi connectivity index (χ2n) is 5.56. The molecule has 5 nitrogen and oxygen atoms in total. The second-order valence-corrected chi connectivity index (χ2v) is 5.56. The summed E-state index contributed by atoms with van der Waals surface area (Å²) in [5, 5.41) is 7.28. The van der Waals surface area contributed by atoms with E-state index < -0.39 is 0 Å². The summed E-state index contributed by atoms with van der Waals surface area (Å²) >= 11 is 0. The molecule has 1 atom stereocenters. The van der Waals surface area contributed by atoms with Crippen molar-refractivity contribution < 1.29 is 4.79 Å². The minimum absolute atomic E-state index is 0.0711. The Bertz CT molecular complexity index is 423. The zero-order chi connectivity index (χ0) is 14.4. The molecule has 5 heteroatoms. The summed E-state index contributed by atoms with van der Waals surface area (Å²) < 4.78 is 1.83. The van der Waals surface area contributed by atoms with Gasteiger partial charge in [0.1, 0.15) is 0 Å². The first-order valence-electron chi connectivity index (χ1n) is 7.70. The molecule has 1 saturated heterocycles. The third-order valence-corrected chi connectivity index (χ3v) is 4.04. The lowest BCUT2D eigenvalue weighted by atomic mass is 10.1. The van der Waals surface area contributed by atoms with Gasteiger partial charge in [-0.3, -0.25) is 9.48 Å². The van der Waals surface area contributed by atoms with E-state index in [9.17, 15) is 4.79 Å². The molecule has 0 unspecified atom stereocenters. The highest BCUT2D eigenvalue weighted by molar-refractivity contribution is 5.76. The van der Waals surface area contributed by atoms with Crippen molar-refractivity contribution >= 4 is 5.91 Å². The van der Waals surface area contributed by atoms with Crippen molar-refractivity contribution in [1.29, 1.82) is 0 Å². The fourth-order valence-corrected chi connectivity index (χ4v) is 2.85. The number of carbonyl (C=O) groups is 1. The summed E-state index contributed by atoms with van der Waals surface area (Å²) in [5.74, 6) is 0.150. The van der Waals surface area contributed by atoms with Crippen LogP contribution < -0.4 is 5.32 Å². The summed E-state index contributed by atoms with van der Waals surface area (Å²) in [6.07, 6.45) is 6.85. The van der Waals surface area contributed by atoms with E-state index in [1.807, 2.05) is 17.8 Å². The third-order valence-electron chi connectivity index (χ3n) is 4.04. The quantitative estimate of drug-likeness (QED) is 0.828. The van der Waals surface area contributed by atoms with Crippen LogP contribution in [0, 0.1) is 0 Å². The number of rotatable bonds is 7. The van der Waals surface area contributed by atoms with Crippen molar-refractivity contribution in [2.45, 2.75) is 45.1 Å². The van der Waals surface area contributed by atoms with Crippen LogP contribution in [0.3, 0.4) is 0 Å². The van der Waals surface area contributed by atoms with Gasteiger partial charge in [-0.2, -0.15) is 5.10 Å². The van der Waals surface area contributed by atoms with Crippen LogP contribution in [0.4, 0.5) is 0 Å². The predicted octanol–water partition coefficient (Wildman–Crippen LogP) is 1.86. The van der Waals surface area contributed by atoms with Crippen molar-refractivity contribution in [3.05, 3.63) is 18.0 Å². The molecule has 1 aromatic heterocycles. The van der Waals surface area contributed by atoms with Crippen molar-refractivity contribution in [2.24, 2.45) is 7.05 Å². The topological polar surface area (TPSA) is 50.2 Å². The largest absolute Gasteiger partial charge is 0.348 e. The molecule has 2 rings (SSSR count). The Kier molecular flexibility index (Phi) is 5.59. The smallest absolute Gasteiger partial charge is 0.220 e. The number of aromatic nitrogens is 2. The van der Waals surface area contributed by atoms with Crippen molar-refractivity contribution in [2.75, 3.05) is 19.6 Å². The minimum Gasteiger partial charge on any atom is -0.348 e. The van der Waals surface area contributed by atoms with Gasteiger partial charge in [-0.25, -0.2) is 0 Å². The molecule has 1 aliphatic heterocycles. The number of hydrogen-bond donors (Lipinski definition) is 1. The highest BCUT2D eigenvalue weighted by Crippen LogP contribution is 2.15. The number of amides is 1. The number of carbonyl (C=O) groups excluding carboxylic acids is 1. The standard InChI is InChI=1S/C15H26N4O/c1-3-13(14-8-9-16-18(14)2)17-15(20)7-6-12-19-10-4-5-11-19/h8-9,13H,3-7,10-12H2,1-2H3,(H,17,20)/t13-/m0/s1. The molecule has 1 fully saturated rings. The SMILES string of the molecule is CC[C@H](NC(=O)CCCN1CCCC1)c1ccnn1C. The number of hydrogen-bond acceptors (Lipinski definition) is 3. The summed E-state index contributed by atoms with van der Waals surface area (Å²) in [6, 6.07) is 2.04. The molecule has 0 spiro atoms. The molecule has 1 aromatic rings. The molecule has 0 bridgehead atoms. The van der Waals surface area contributed by atoms with E-state index in [2.05, 4.69) is 22.2 Å². The number of likely N-dealkylation sites (tertiary alicyclic amines) is 1. The Morgan fingerprint density at radius 1 is 1.45 bits per heavy atom. The van der Waals surface area contributed by atoms with Gasteiger partial charge in [0.25, 0.3) is 0 Å². The molecule has 0 aliphatic carbocycles. The molecule has 1 aliphatic rings. The highest BCUT2D eigenvalue weighted by atomic mass is 16.1. The van der Waals surface area contributed by atoms with Gasteiger partial charge in [0.2, 0.25) is 5.91 Å². The Balaban J connectivity index is 1.73. The lowest BCUT2D eigenvalue weighted by molar-refractivity contribution is -0.122. The summed E-state index contributed by atoms with van der Waals surface area (Å²) in [4.78, 5) is 14.5. The maximum absolute atomic E-state index is 12.0. The van der Waals surface area contributed by atoms with E-state index in [0.29, 0.717) is 6.42 Å². The van der Waals surface area contributed by atoms with Gasteiger partial charge in [0.05, 0.1) is 11.7 Å². The zero-order valence-electron chi connectivity index (χ0n) is 12.6. The molecular weight excluding hydrogens is 252 g/mol. The molecule has 2 heterocycles.